The van der Waals surface area contributed by atoms with Crippen LogP contribution in [0.1, 0.15) is 16.1 Å². The molecule has 2 aromatic heterocycles. The Labute approximate surface area is 104 Å². The van der Waals surface area contributed by atoms with E-state index in [1.807, 2.05) is 5.38 Å². The fraction of sp³-hybridized carbons (Fsp3) is 0.111. The first-order chi connectivity index (χ1) is 7.11. The van der Waals surface area contributed by atoms with Gasteiger partial charge in [0.15, 0.2) is 0 Å². The maximum absolute atomic E-state index is 12.1. The second-order valence-electron chi connectivity index (χ2n) is 2.90. The topological polar surface area (TPSA) is 34.9 Å². The van der Waals surface area contributed by atoms with E-state index in [0.717, 1.165) is 3.79 Å². The van der Waals surface area contributed by atoms with Crippen LogP contribution in [-0.2, 0) is 7.05 Å². The maximum Gasteiger partial charge on any atom is 0.214 e. The fourth-order valence-corrected chi connectivity index (χ4v) is 2.75. The van der Waals surface area contributed by atoms with Crippen molar-refractivity contribution in [2.75, 3.05) is 0 Å². The van der Waals surface area contributed by atoms with Crippen LogP contribution < -0.4 is 0 Å². The molecule has 0 aliphatic heterocycles. The van der Waals surface area contributed by atoms with Crippen LogP contribution in [-0.4, -0.2) is 15.6 Å². The number of thiophene rings is 1. The van der Waals surface area contributed by atoms with Gasteiger partial charge in [0.05, 0.1) is 15.0 Å². The highest BCUT2D eigenvalue weighted by Crippen LogP contribution is 2.27. The van der Waals surface area contributed by atoms with Crippen molar-refractivity contribution in [3.05, 3.63) is 37.7 Å². The second-order valence-corrected chi connectivity index (χ2v) is 5.54. The first-order valence-electron chi connectivity index (χ1n) is 4.06. The Balaban J connectivity index is 2.50. The zero-order chi connectivity index (χ0) is 11.0. The average molecular weight is 306 g/mol. The normalized spacial score (nSPS) is 10.6. The van der Waals surface area contributed by atoms with Gasteiger partial charge in [-0.1, -0.05) is 11.6 Å². The fourth-order valence-electron chi connectivity index (χ4n) is 1.25. The summed E-state index contributed by atoms with van der Waals surface area (Å²) in [5.74, 6) is -0.117. The number of carbonyl (C=O) groups excluding carboxylic acids is 1. The molecule has 0 amide bonds. The molecule has 0 aliphatic rings. The van der Waals surface area contributed by atoms with E-state index >= 15 is 0 Å². The summed E-state index contributed by atoms with van der Waals surface area (Å²) in [7, 11) is 1.69. The SMILES string of the molecule is Cn1ncc(Cl)c1C(=O)c1ccsc1Br. The van der Waals surface area contributed by atoms with Gasteiger partial charge in [0, 0.05) is 12.6 Å². The molecule has 2 rings (SSSR count). The Hall–Kier alpha value is -0.650. The summed E-state index contributed by atoms with van der Waals surface area (Å²) in [6, 6.07) is 1.76. The molecule has 0 radical (unpaired) electrons. The molecule has 2 aromatic rings. The van der Waals surface area contributed by atoms with Crippen molar-refractivity contribution in [3.63, 3.8) is 0 Å². The third-order valence-corrected chi connectivity index (χ3v) is 3.94. The van der Waals surface area contributed by atoms with Crippen LogP contribution in [0.4, 0.5) is 0 Å². The maximum atomic E-state index is 12.1. The quantitative estimate of drug-likeness (QED) is 0.799. The Morgan fingerprint density at radius 3 is 2.87 bits per heavy atom. The van der Waals surface area contributed by atoms with Crippen molar-refractivity contribution in [2.45, 2.75) is 0 Å². The molecule has 0 spiro atoms. The van der Waals surface area contributed by atoms with Crippen LogP contribution in [0.3, 0.4) is 0 Å². The number of hydrogen-bond donors (Lipinski definition) is 0. The van der Waals surface area contributed by atoms with Gasteiger partial charge < -0.3 is 0 Å². The van der Waals surface area contributed by atoms with Crippen molar-refractivity contribution < 1.29 is 4.79 Å². The zero-order valence-electron chi connectivity index (χ0n) is 7.70. The van der Waals surface area contributed by atoms with E-state index in [0.29, 0.717) is 16.3 Å². The highest BCUT2D eigenvalue weighted by molar-refractivity contribution is 9.11. The van der Waals surface area contributed by atoms with Gasteiger partial charge in [0.2, 0.25) is 5.78 Å². The molecular weight excluding hydrogens is 300 g/mol. The summed E-state index contributed by atoms with van der Waals surface area (Å²) >= 11 is 10.7. The second kappa shape index (κ2) is 4.08. The molecule has 78 valence electrons. The lowest BCUT2D eigenvalue weighted by molar-refractivity contribution is 0.103. The minimum atomic E-state index is -0.117. The van der Waals surface area contributed by atoms with Gasteiger partial charge in [0.1, 0.15) is 5.69 Å². The van der Waals surface area contributed by atoms with E-state index in [2.05, 4.69) is 21.0 Å². The smallest absolute Gasteiger partial charge is 0.214 e. The molecule has 6 heteroatoms. The van der Waals surface area contributed by atoms with E-state index in [1.165, 1.54) is 22.2 Å². The van der Waals surface area contributed by atoms with Crippen LogP contribution in [0, 0.1) is 0 Å². The molecule has 0 saturated carbocycles. The number of nitrogens with zero attached hydrogens (tertiary/aromatic N) is 2. The number of aryl methyl sites for hydroxylation is 1. The van der Waals surface area contributed by atoms with Crippen molar-refractivity contribution in [1.82, 2.24) is 9.78 Å². The number of rotatable bonds is 2. The predicted molar refractivity (Wildman–Crippen MR) is 63.7 cm³/mol. The van der Waals surface area contributed by atoms with Gasteiger partial charge in [0.25, 0.3) is 0 Å². The Bertz CT molecular complexity index is 500. The van der Waals surface area contributed by atoms with Gasteiger partial charge in [-0.2, -0.15) is 5.10 Å². The third kappa shape index (κ3) is 1.87. The molecule has 0 atom stereocenters. The Morgan fingerprint density at radius 2 is 2.40 bits per heavy atom. The van der Waals surface area contributed by atoms with Gasteiger partial charge in [-0.25, -0.2) is 0 Å². The molecule has 2 heterocycles. The van der Waals surface area contributed by atoms with E-state index in [9.17, 15) is 4.79 Å². The molecule has 3 nitrogen and oxygen atoms in total. The third-order valence-electron chi connectivity index (χ3n) is 1.97. The average Bonchev–Trinajstić information content (AvgIpc) is 2.73. The standard InChI is InChI=1S/C9H6BrClN2OS/c1-13-7(6(11)4-12-13)8(14)5-2-3-15-9(5)10/h2-4H,1H3. The van der Waals surface area contributed by atoms with Crippen LogP contribution >= 0.6 is 38.9 Å². The first-order valence-corrected chi connectivity index (χ1v) is 6.11. The van der Waals surface area contributed by atoms with E-state index in [-0.39, 0.29) is 5.78 Å². The summed E-state index contributed by atoms with van der Waals surface area (Å²) < 4.78 is 2.29. The van der Waals surface area contributed by atoms with E-state index in [1.54, 1.807) is 13.1 Å². The summed E-state index contributed by atoms with van der Waals surface area (Å²) in [5.41, 5.74) is 1.03. The van der Waals surface area contributed by atoms with Crippen molar-refractivity contribution in [1.29, 1.82) is 0 Å². The lowest BCUT2D eigenvalue weighted by Gasteiger charge is -2.00. The molecule has 0 N–H and O–H groups in total. The molecular formula is C9H6BrClN2OS. The summed E-state index contributed by atoms with van der Waals surface area (Å²) in [6.45, 7) is 0. The lowest BCUT2D eigenvalue weighted by Crippen LogP contribution is -2.08. The van der Waals surface area contributed by atoms with Crippen LogP contribution in [0.15, 0.2) is 21.4 Å². The largest absolute Gasteiger partial charge is 0.287 e. The van der Waals surface area contributed by atoms with E-state index < -0.39 is 0 Å². The molecule has 0 bridgehead atoms. The van der Waals surface area contributed by atoms with Crippen molar-refractivity contribution >= 4 is 44.7 Å². The highest BCUT2D eigenvalue weighted by Gasteiger charge is 2.20. The first kappa shape index (κ1) is 10.9. The van der Waals surface area contributed by atoms with E-state index in [4.69, 9.17) is 11.6 Å². The number of hydrogen-bond acceptors (Lipinski definition) is 3. The van der Waals surface area contributed by atoms with Crippen LogP contribution in [0.2, 0.25) is 5.02 Å². The minimum absolute atomic E-state index is 0.117. The van der Waals surface area contributed by atoms with Crippen molar-refractivity contribution in [2.24, 2.45) is 7.05 Å². The Morgan fingerprint density at radius 1 is 1.67 bits per heavy atom. The van der Waals surface area contributed by atoms with Gasteiger partial charge in [-0.3, -0.25) is 9.48 Å². The number of ketones is 1. The monoisotopic (exact) mass is 304 g/mol. The highest BCUT2D eigenvalue weighted by atomic mass is 79.9. The van der Waals surface area contributed by atoms with Gasteiger partial charge in [-0.15, -0.1) is 11.3 Å². The van der Waals surface area contributed by atoms with Gasteiger partial charge in [-0.05, 0) is 27.4 Å². The van der Waals surface area contributed by atoms with Crippen molar-refractivity contribution in [3.8, 4) is 0 Å². The summed E-state index contributed by atoms with van der Waals surface area (Å²) in [6.07, 6.45) is 1.47. The predicted octanol–water partition coefficient (Wildman–Crippen LogP) is 3.13. The molecule has 0 aromatic carbocycles. The number of carbonyl (C=O) groups is 1. The van der Waals surface area contributed by atoms with Crippen LogP contribution in [0.25, 0.3) is 0 Å². The molecule has 0 saturated heterocycles. The van der Waals surface area contributed by atoms with Crippen LogP contribution in [0.5, 0.6) is 0 Å². The number of aromatic nitrogens is 2. The lowest BCUT2D eigenvalue weighted by atomic mass is 10.2. The Kier molecular flexibility index (Phi) is 2.95. The zero-order valence-corrected chi connectivity index (χ0v) is 10.9. The summed E-state index contributed by atoms with van der Waals surface area (Å²) in [4.78, 5) is 12.1. The summed E-state index contributed by atoms with van der Waals surface area (Å²) in [5, 5.41) is 6.15. The minimum Gasteiger partial charge on any atom is -0.287 e. The molecule has 15 heavy (non-hydrogen) atoms. The molecule has 0 aliphatic carbocycles. The number of halogens is 2. The van der Waals surface area contributed by atoms with Gasteiger partial charge >= 0.3 is 0 Å². The molecule has 0 unspecified atom stereocenters. The molecule has 0 fully saturated rings.